The SMILES string of the molecule is c1ccc(-c2cc3c4ccccc4n(-c4ccccc4)c3cc2N2c3cc4c(cc3B3c5ccccc5N(c5ccccc5)c5cc(N(c6ccccc6)c6ccccc6)cc2c53)B2c3ccccc3Sc3cc(N(c5ccccc5)c5ccccc5)cc(c32)S4)cc1. The summed E-state index contributed by atoms with van der Waals surface area (Å²) in [4.78, 5) is 15.2. The monoisotopic (exact) mass is 1220 g/mol. The van der Waals surface area contributed by atoms with Crippen molar-refractivity contribution in [3.05, 3.63) is 334 Å². The summed E-state index contributed by atoms with van der Waals surface area (Å²) < 4.78 is 2.48. The number of hydrogen-bond acceptors (Lipinski definition) is 6. The van der Waals surface area contributed by atoms with Crippen molar-refractivity contribution < 1.29 is 0 Å². The van der Waals surface area contributed by atoms with E-state index in [-0.39, 0.29) is 13.4 Å². The molecule has 93 heavy (non-hydrogen) atoms. The van der Waals surface area contributed by atoms with Crippen LogP contribution in [0, 0.1) is 0 Å². The highest BCUT2D eigenvalue weighted by molar-refractivity contribution is 8.01. The van der Waals surface area contributed by atoms with Crippen LogP contribution in [0.4, 0.5) is 68.2 Å². The zero-order valence-corrected chi connectivity index (χ0v) is 52.1. The summed E-state index contributed by atoms with van der Waals surface area (Å²) in [6.07, 6.45) is 0. The van der Waals surface area contributed by atoms with Gasteiger partial charge in [0.15, 0.2) is 0 Å². The topological polar surface area (TPSA) is 17.9 Å². The van der Waals surface area contributed by atoms with E-state index in [1.54, 1.807) is 0 Å². The molecule has 0 aliphatic carbocycles. The van der Waals surface area contributed by atoms with E-state index < -0.39 is 0 Å². The summed E-state index contributed by atoms with van der Waals surface area (Å²) in [5.41, 5.74) is 26.9. The fourth-order valence-electron chi connectivity index (χ4n) is 15.3. The number of rotatable bonds is 10. The maximum absolute atomic E-state index is 2.68. The van der Waals surface area contributed by atoms with E-state index in [9.17, 15) is 0 Å². The number of fused-ring (bicyclic) bond motifs is 11. The molecule has 4 aliphatic heterocycles. The predicted octanol–water partition coefficient (Wildman–Crippen LogP) is 18.9. The van der Waals surface area contributed by atoms with Gasteiger partial charge in [-0.3, -0.25) is 0 Å². The quantitative estimate of drug-likeness (QED) is 0.126. The Labute approximate surface area is 550 Å². The number of aromatic nitrogens is 1. The van der Waals surface area contributed by atoms with Crippen LogP contribution in [-0.2, 0) is 0 Å². The van der Waals surface area contributed by atoms with Crippen molar-refractivity contribution in [2.24, 2.45) is 0 Å². The van der Waals surface area contributed by atoms with Crippen molar-refractivity contribution in [1.82, 2.24) is 4.57 Å². The molecule has 0 saturated heterocycles. The third-order valence-electron chi connectivity index (χ3n) is 19.2. The van der Waals surface area contributed by atoms with Gasteiger partial charge in [-0.05, 0) is 161 Å². The average molecular weight is 1220 g/mol. The molecular formula is C84H55B2N5S2. The lowest BCUT2D eigenvalue weighted by Crippen LogP contribution is -2.64. The van der Waals surface area contributed by atoms with Crippen LogP contribution in [-0.4, -0.2) is 18.0 Å². The molecule has 0 N–H and O–H groups in total. The first kappa shape index (κ1) is 53.7. The largest absolute Gasteiger partial charge is 0.311 e. The van der Waals surface area contributed by atoms with Crippen LogP contribution in [0.5, 0.6) is 0 Å². The van der Waals surface area contributed by atoms with Crippen LogP contribution in [0.1, 0.15) is 0 Å². The summed E-state index contributed by atoms with van der Waals surface area (Å²) in [5, 5.41) is 2.41. The molecule has 0 bridgehead atoms. The molecule has 0 fully saturated rings. The van der Waals surface area contributed by atoms with Crippen molar-refractivity contribution in [1.29, 1.82) is 0 Å². The molecular weight excluding hydrogens is 1160 g/mol. The molecule has 9 heteroatoms. The van der Waals surface area contributed by atoms with Gasteiger partial charge in [0, 0.05) is 98.5 Å². The van der Waals surface area contributed by atoms with Crippen LogP contribution in [0.25, 0.3) is 38.6 Å². The fraction of sp³-hybridized carbons (Fsp3) is 0. The van der Waals surface area contributed by atoms with E-state index in [1.165, 1.54) is 68.8 Å². The minimum absolute atomic E-state index is 0.0237. The van der Waals surface area contributed by atoms with Crippen molar-refractivity contribution >= 4 is 160 Å². The first-order valence-electron chi connectivity index (χ1n) is 31.9. The lowest BCUT2D eigenvalue weighted by molar-refractivity contribution is 1.18. The van der Waals surface area contributed by atoms with Gasteiger partial charge >= 0.3 is 0 Å². The van der Waals surface area contributed by atoms with Crippen molar-refractivity contribution in [2.45, 2.75) is 19.6 Å². The minimum Gasteiger partial charge on any atom is -0.311 e. The number of benzene rings is 14. The van der Waals surface area contributed by atoms with Crippen LogP contribution < -0.4 is 52.4 Å². The Morgan fingerprint density at radius 2 is 0.742 bits per heavy atom. The van der Waals surface area contributed by atoms with Crippen LogP contribution in [0.3, 0.4) is 0 Å². The normalized spacial score (nSPS) is 13.0. The first-order valence-corrected chi connectivity index (χ1v) is 33.5. The van der Waals surface area contributed by atoms with Gasteiger partial charge in [-0.2, -0.15) is 0 Å². The van der Waals surface area contributed by atoms with E-state index in [2.05, 4.69) is 358 Å². The number of anilines is 12. The number of hydrogen-bond donors (Lipinski definition) is 0. The maximum atomic E-state index is 2.68. The predicted molar refractivity (Wildman–Crippen MR) is 395 cm³/mol. The minimum atomic E-state index is -0.162. The molecule has 5 heterocycles. The third-order valence-corrected chi connectivity index (χ3v) is 21.4. The molecule has 5 nitrogen and oxygen atoms in total. The van der Waals surface area contributed by atoms with Gasteiger partial charge in [0.2, 0.25) is 6.71 Å². The summed E-state index contributed by atoms with van der Waals surface area (Å²) in [6, 6.07) is 124. The van der Waals surface area contributed by atoms with E-state index in [0.29, 0.717) is 0 Å². The van der Waals surface area contributed by atoms with E-state index in [1.807, 2.05) is 23.5 Å². The molecule has 1 aromatic heterocycles. The summed E-state index contributed by atoms with van der Waals surface area (Å²) >= 11 is 3.84. The second-order valence-electron chi connectivity index (χ2n) is 24.3. The molecule has 14 aromatic carbocycles. The van der Waals surface area contributed by atoms with Crippen LogP contribution >= 0.6 is 23.5 Å². The number of nitrogens with zero attached hydrogens (tertiary/aromatic N) is 5. The zero-order valence-electron chi connectivity index (χ0n) is 50.5. The third kappa shape index (κ3) is 8.61. The molecule has 19 rings (SSSR count). The lowest BCUT2D eigenvalue weighted by Gasteiger charge is -2.46. The Morgan fingerprint density at radius 1 is 0.258 bits per heavy atom. The summed E-state index contributed by atoms with van der Waals surface area (Å²) in [6.45, 7) is -0.186. The Kier molecular flexibility index (Phi) is 12.6. The summed E-state index contributed by atoms with van der Waals surface area (Å²) in [7, 11) is 0. The van der Waals surface area contributed by atoms with Gasteiger partial charge in [0.05, 0.1) is 22.4 Å². The van der Waals surface area contributed by atoms with Gasteiger partial charge in [0.25, 0.3) is 6.71 Å². The Hall–Kier alpha value is -11.1. The Morgan fingerprint density at radius 3 is 1.37 bits per heavy atom. The van der Waals surface area contributed by atoms with E-state index in [4.69, 9.17) is 0 Å². The molecule has 0 unspecified atom stereocenters. The molecule has 15 aromatic rings. The van der Waals surface area contributed by atoms with Gasteiger partial charge in [-0.15, -0.1) is 0 Å². The first-order chi connectivity index (χ1) is 46.2. The van der Waals surface area contributed by atoms with Crippen molar-refractivity contribution in [2.75, 3.05) is 19.6 Å². The Bertz CT molecular complexity index is 5350. The molecule has 4 aliphatic rings. The second kappa shape index (κ2) is 21.8. The average Bonchev–Trinajstić information content (AvgIpc) is 0.793. The highest BCUT2D eigenvalue weighted by atomic mass is 32.2. The molecule has 434 valence electrons. The zero-order chi connectivity index (χ0) is 61.1. The highest BCUT2D eigenvalue weighted by Gasteiger charge is 2.47. The fourth-order valence-corrected chi connectivity index (χ4v) is 17.8. The van der Waals surface area contributed by atoms with Gasteiger partial charge in [-0.1, -0.05) is 235 Å². The smallest absolute Gasteiger partial charge is 0.252 e. The van der Waals surface area contributed by atoms with Crippen LogP contribution in [0.2, 0.25) is 0 Å². The van der Waals surface area contributed by atoms with Gasteiger partial charge in [0.1, 0.15) is 0 Å². The van der Waals surface area contributed by atoms with Crippen molar-refractivity contribution in [3.8, 4) is 16.8 Å². The molecule has 0 spiro atoms. The van der Waals surface area contributed by atoms with Crippen molar-refractivity contribution in [3.63, 3.8) is 0 Å². The van der Waals surface area contributed by atoms with E-state index in [0.717, 1.165) is 90.4 Å². The maximum Gasteiger partial charge on any atom is 0.252 e. The standard InChI is InChI=1S/C84H55B2N5S2/c1-8-28-56(29-9-1)66-52-67-65-42-22-25-45-72(65)89(61-38-18-6-19-39-61)75(67)54-74(66)91-76-55-80-71(86-69-44-24-27-47-79(69)92-81-50-64(51-82(93-80)84(81)86)88(59-34-14-4-15-35-59)60-36-16-5-17-37-60)53-70(76)85-68-43-23-26-46-73(68)90(62-40-20-7-21-41-62)77-48-63(49-78(91)83(77)85)87(57-30-10-2-11-31-57)58-32-12-3-13-33-58/h1-55H. The molecule has 0 atom stereocenters. The van der Waals surface area contributed by atoms with Gasteiger partial charge in [-0.25, -0.2) is 0 Å². The number of para-hydroxylation sites is 8. The molecule has 0 radical (unpaired) electrons. The molecule has 0 saturated carbocycles. The second-order valence-corrected chi connectivity index (χ2v) is 26.5. The van der Waals surface area contributed by atoms with E-state index >= 15 is 0 Å². The van der Waals surface area contributed by atoms with Crippen LogP contribution in [0.15, 0.2) is 353 Å². The van der Waals surface area contributed by atoms with Gasteiger partial charge < -0.3 is 24.2 Å². The lowest BCUT2D eigenvalue weighted by atomic mass is 9.31. The summed E-state index contributed by atoms with van der Waals surface area (Å²) in [5.74, 6) is 0. The highest BCUT2D eigenvalue weighted by Crippen LogP contribution is 2.53. The Balaban J connectivity index is 0.948. The molecule has 0 amide bonds.